The van der Waals surface area contributed by atoms with Gasteiger partial charge in [-0.05, 0) is 34.7 Å². The van der Waals surface area contributed by atoms with Gasteiger partial charge in [-0.3, -0.25) is 4.79 Å². The molecule has 0 aromatic heterocycles. The van der Waals surface area contributed by atoms with Gasteiger partial charge >= 0.3 is 0 Å². The summed E-state index contributed by atoms with van der Waals surface area (Å²) in [6.07, 6.45) is 0. The average Bonchev–Trinajstić information content (AvgIpc) is 2.43. The predicted molar refractivity (Wildman–Crippen MR) is 84.7 cm³/mol. The summed E-state index contributed by atoms with van der Waals surface area (Å²) in [7, 11) is 0. The van der Waals surface area contributed by atoms with Crippen LogP contribution >= 0.6 is 0 Å². The second-order valence-corrected chi connectivity index (χ2v) is 5.72. The number of hydrogen-bond acceptors (Lipinski definition) is 2. The molecular weight excluding hydrogens is 248 g/mol. The maximum Gasteiger partial charge on any atom is 0.253 e. The molecule has 0 aliphatic heterocycles. The molecule has 0 saturated heterocycles. The highest BCUT2D eigenvalue weighted by Crippen LogP contribution is 2.22. The summed E-state index contributed by atoms with van der Waals surface area (Å²) in [5.41, 5.74) is 7.07. The fraction of sp³-hybridized carbons (Fsp3) is 0.353. The molecular formula is C17H22N2O. The molecule has 0 aliphatic carbocycles. The van der Waals surface area contributed by atoms with Crippen molar-refractivity contribution in [3.05, 3.63) is 42.0 Å². The Balaban J connectivity index is 2.19. The van der Waals surface area contributed by atoms with E-state index in [0.717, 1.165) is 10.8 Å². The van der Waals surface area contributed by atoms with E-state index in [2.05, 4.69) is 26.1 Å². The minimum Gasteiger partial charge on any atom is -0.398 e. The molecule has 0 aliphatic rings. The van der Waals surface area contributed by atoms with Crippen LogP contribution in [0.1, 0.15) is 31.1 Å². The van der Waals surface area contributed by atoms with Gasteiger partial charge in [0.05, 0.1) is 5.56 Å². The number of nitrogens with one attached hydrogen (secondary N) is 1. The number of amides is 1. The number of nitrogen functional groups attached to an aromatic ring is 1. The Hall–Kier alpha value is -2.03. The van der Waals surface area contributed by atoms with Crippen molar-refractivity contribution >= 4 is 22.4 Å². The summed E-state index contributed by atoms with van der Waals surface area (Å²) in [6.45, 7) is 7.11. The van der Waals surface area contributed by atoms with E-state index in [4.69, 9.17) is 5.73 Å². The first-order valence-electron chi connectivity index (χ1n) is 7.05. The van der Waals surface area contributed by atoms with Crippen LogP contribution in [0.3, 0.4) is 0 Å². The van der Waals surface area contributed by atoms with Crippen LogP contribution in [0.2, 0.25) is 0 Å². The van der Waals surface area contributed by atoms with E-state index < -0.39 is 0 Å². The Morgan fingerprint density at radius 3 is 2.35 bits per heavy atom. The molecule has 0 radical (unpaired) electrons. The lowest BCUT2D eigenvalue weighted by atomic mass is 9.98. The molecule has 1 unspecified atom stereocenters. The zero-order valence-electron chi connectivity index (χ0n) is 12.3. The van der Waals surface area contributed by atoms with Gasteiger partial charge in [0, 0.05) is 12.2 Å². The lowest BCUT2D eigenvalue weighted by Crippen LogP contribution is -2.30. The highest BCUT2D eigenvalue weighted by atomic mass is 16.1. The van der Waals surface area contributed by atoms with Gasteiger partial charge in [-0.1, -0.05) is 45.0 Å². The van der Waals surface area contributed by atoms with Gasteiger partial charge in [-0.2, -0.15) is 0 Å². The largest absolute Gasteiger partial charge is 0.398 e. The lowest BCUT2D eigenvalue weighted by molar-refractivity contribution is 0.0946. The number of anilines is 1. The van der Waals surface area contributed by atoms with Crippen molar-refractivity contribution in [2.24, 2.45) is 11.8 Å². The summed E-state index contributed by atoms with van der Waals surface area (Å²) in [4.78, 5) is 12.2. The van der Waals surface area contributed by atoms with Gasteiger partial charge in [-0.25, -0.2) is 0 Å². The number of carbonyl (C=O) groups is 1. The summed E-state index contributed by atoms with van der Waals surface area (Å²) < 4.78 is 0. The SMILES string of the molecule is CC(C)C(C)CNC(=O)c1cc2ccccc2cc1N. The Morgan fingerprint density at radius 1 is 1.15 bits per heavy atom. The van der Waals surface area contributed by atoms with Crippen molar-refractivity contribution in [3.8, 4) is 0 Å². The van der Waals surface area contributed by atoms with E-state index in [9.17, 15) is 4.79 Å². The summed E-state index contributed by atoms with van der Waals surface area (Å²) in [5.74, 6) is 0.894. The maximum absolute atomic E-state index is 12.2. The van der Waals surface area contributed by atoms with Crippen molar-refractivity contribution < 1.29 is 4.79 Å². The van der Waals surface area contributed by atoms with Crippen LogP contribution in [-0.2, 0) is 0 Å². The van der Waals surface area contributed by atoms with Gasteiger partial charge in [0.1, 0.15) is 0 Å². The molecule has 0 spiro atoms. The molecule has 3 N–H and O–H groups in total. The van der Waals surface area contributed by atoms with Crippen molar-refractivity contribution in [1.82, 2.24) is 5.32 Å². The van der Waals surface area contributed by atoms with Gasteiger partial charge in [0.2, 0.25) is 0 Å². The third kappa shape index (κ3) is 3.10. The fourth-order valence-corrected chi connectivity index (χ4v) is 2.04. The van der Waals surface area contributed by atoms with Crippen LogP contribution in [0.25, 0.3) is 10.8 Å². The van der Waals surface area contributed by atoms with Crippen LogP contribution in [0.5, 0.6) is 0 Å². The fourth-order valence-electron chi connectivity index (χ4n) is 2.04. The molecule has 3 heteroatoms. The molecule has 106 valence electrons. The summed E-state index contributed by atoms with van der Waals surface area (Å²) >= 11 is 0. The van der Waals surface area contributed by atoms with E-state index in [0.29, 0.717) is 29.6 Å². The molecule has 2 aromatic rings. The van der Waals surface area contributed by atoms with E-state index in [1.54, 1.807) is 0 Å². The van der Waals surface area contributed by atoms with Crippen LogP contribution < -0.4 is 11.1 Å². The summed E-state index contributed by atoms with van der Waals surface area (Å²) in [6, 6.07) is 11.6. The molecule has 1 atom stereocenters. The number of rotatable bonds is 4. The molecule has 20 heavy (non-hydrogen) atoms. The third-order valence-corrected chi connectivity index (χ3v) is 3.89. The van der Waals surface area contributed by atoms with E-state index in [1.165, 1.54) is 0 Å². The molecule has 2 rings (SSSR count). The minimum atomic E-state index is -0.0965. The van der Waals surface area contributed by atoms with Crippen molar-refractivity contribution in [2.45, 2.75) is 20.8 Å². The second kappa shape index (κ2) is 5.95. The van der Waals surface area contributed by atoms with Crippen LogP contribution in [0, 0.1) is 11.8 Å². The first-order chi connectivity index (χ1) is 9.49. The molecule has 0 bridgehead atoms. The quantitative estimate of drug-likeness (QED) is 0.836. The van der Waals surface area contributed by atoms with Crippen LogP contribution in [-0.4, -0.2) is 12.5 Å². The Kier molecular flexibility index (Phi) is 4.28. The van der Waals surface area contributed by atoms with Crippen molar-refractivity contribution in [2.75, 3.05) is 12.3 Å². The number of fused-ring (bicyclic) bond motifs is 1. The first-order valence-corrected chi connectivity index (χ1v) is 7.05. The second-order valence-electron chi connectivity index (χ2n) is 5.72. The first kappa shape index (κ1) is 14.4. The monoisotopic (exact) mass is 270 g/mol. The molecule has 0 heterocycles. The molecule has 3 nitrogen and oxygen atoms in total. The van der Waals surface area contributed by atoms with Gasteiger partial charge < -0.3 is 11.1 Å². The number of benzene rings is 2. The average molecular weight is 270 g/mol. The molecule has 2 aromatic carbocycles. The number of hydrogen-bond donors (Lipinski definition) is 2. The Morgan fingerprint density at radius 2 is 1.75 bits per heavy atom. The van der Waals surface area contributed by atoms with Crippen molar-refractivity contribution in [1.29, 1.82) is 0 Å². The van der Waals surface area contributed by atoms with Gasteiger partial charge in [0.25, 0.3) is 5.91 Å². The molecule has 0 saturated carbocycles. The zero-order valence-corrected chi connectivity index (χ0v) is 12.3. The summed E-state index contributed by atoms with van der Waals surface area (Å²) in [5, 5.41) is 5.05. The minimum absolute atomic E-state index is 0.0965. The van der Waals surface area contributed by atoms with Crippen LogP contribution in [0.15, 0.2) is 36.4 Å². The van der Waals surface area contributed by atoms with Crippen molar-refractivity contribution in [3.63, 3.8) is 0 Å². The molecule has 0 fully saturated rings. The zero-order chi connectivity index (χ0) is 14.7. The highest BCUT2D eigenvalue weighted by Gasteiger charge is 2.13. The lowest BCUT2D eigenvalue weighted by Gasteiger charge is -2.16. The van der Waals surface area contributed by atoms with Crippen LogP contribution in [0.4, 0.5) is 5.69 Å². The number of nitrogens with two attached hydrogens (primary N) is 1. The van der Waals surface area contributed by atoms with Gasteiger partial charge in [-0.15, -0.1) is 0 Å². The standard InChI is InChI=1S/C17H22N2O/c1-11(2)12(3)10-19-17(20)15-8-13-6-4-5-7-14(13)9-16(15)18/h4-9,11-12H,10,18H2,1-3H3,(H,19,20). The highest BCUT2D eigenvalue weighted by molar-refractivity contribution is 6.03. The Labute approximate surface area is 120 Å². The third-order valence-electron chi connectivity index (χ3n) is 3.89. The smallest absolute Gasteiger partial charge is 0.253 e. The number of carbonyl (C=O) groups excluding carboxylic acids is 1. The van der Waals surface area contributed by atoms with E-state index >= 15 is 0 Å². The normalized spacial score (nSPS) is 12.6. The maximum atomic E-state index is 12.2. The Bertz CT molecular complexity index is 619. The van der Waals surface area contributed by atoms with E-state index in [-0.39, 0.29) is 5.91 Å². The van der Waals surface area contributed by atoms with E-state index in [1.807, 2.05) is 36.4 Å². The molecule has 1 amide bonds. The predicted octanol–water partition coefficient (Wildman–Crippen LogP) is 3.44. The van der Waals surface area contributed by atoms with Gasteiger partial charge in [0.15, 0.2) is 0 Å². The topological polar surface area (TPSA) is 55.1 Å².